The van der Waals surface area contributed by atoms with Gasteiger partial charge in [0.1, 0.15) is 11.2 Å². The van der Waals surface area contributed by atoms with Gasteiger partial charge in [-0.15, -0.1) is 0 Å². The van der Waals surface area contributed by atoms with Crippen LogP contribution < -0.4 is 5.32 Å². The van der Waals surface area contributed by atoms with Crippen LogP contribution in [0.4, 0.5) is 5.69 Å². The summed E-state index contributed by atoms with van der Waals surface area (Å²) in [6.07, 6.45) is 0.548. The highest BCUT2D eigenvalue weighted by Crippen LogP contribution is 2.80. The van der Waals surface area contributed by atoms with Crippen molar-refractivity contribution in [3.8, 4) is 0 Å². The Morgan fingerprint density at radius 1 is 1.00 bits per heavy atom. The van der Waals surface area contributed by atoms with Crippen molar-refractivity contribution in [3.63, 3.8) is 0 Å². The number of methoxy groups -OCH3 is 5. The predicted octanol–water partition coefficient (Wildman–Crippen LogP) is 2.03. The zero-order chi connectivity index (χ0) is 35.8. The number of likely N-dealkylation sites (N-methyl/N-ethyl adjacent to an activating group) is 1. The smallest absolute Gasteiger partial charge is 0.340 e. The van der Waals surface area contributed by atoms with Crippen LogP contribution in [0.1, 0.15) is 55.8 Å². The van der Waals surface area contributed by atoms with E-state index in [4.69, 9.17) is 23.7 Å². The van der Waals surface area contributed by atoms with Crippen LogP contribution in [0.15, 0.2) is 24.3 Å². The number of amides is 1. The fourth-order valence-corrected chi connectivity index (χ4v) is 12.6. The lowest BCUT2D eigenvalue weighted by Gasteiger charge is -2.70. The summed E-state index contributed by atoms with van der Waals surface area (Å²) in [5.74, 6) is -2.23. The van der Waals surface area contributed by atoms with Crippen molar-refractivity contribution < 1.29 is 53.0 Å². The van der Waals surface area contributed by atoms with Gasteiger partial charge >= 0.3 is 11.9 Å². The number of likely N-dealkylation sites (tertiary alicyclic amines) is 1. The second-order valence-electron chi connectivity index (χ2n) is 15.4. The number of nitrogens with zero attached hydrogens (tertiary/aromatic N) is 1. The van der Waals surface area contributed by atoms with Gasteiger partial charge in [0.05, 0.1) is 61.8 Å². The molecule has 3 N–H and O–H groups in total. The van der Waals surface area contributed by atoms with E-state index in [9.17, 15) is 24.6 Å². The Balaban J connectivity index is 1.27. The van der Waals surface area contributed by atoms with Crippen molar-refractivity contribution in [2.75, 3.05) is 60.6 Å². The largest absolute Gasteiger partial charge is 0.469 e. The van der Waals surface area contributed by atoms with E-state index >= 15 is 0 Å². The molecule has 7 bridgehead atoms. The number of anilines is 1. The molecule has 5 aliphatic carbocycles. The van der Waals surface area contributed by atoms with E-state index in [1.807, 2.05) is 0 Å². The maximum atomic E-state index is 13.9. The van der Waals surface area contributed by atoms with Gasteiger partial charge in [0.25, 0.3) is 0 Å². The Morgan fingerprint density at radius 2 is 1.76 bits per heavy atom. The van der Waals surface area contributed by atoms with E-state index in [0.717, 1.165) is 6.42 Å². The fraction of sp³-hybridized carbons (Fsp3) is 0.757. The minimum absolute atomic E-state index is 0.0420. The molecule has 7 rings (SSSR count). The summed E-state index contributed by atoms with van der Waals surface area (Å²) in [5, 5.41) is 29.3. The molecule has 276 valence electrons. The molecule has 1 aromatic rings. The number of ether oxygens (including phenoxy) is 6. The first kappa shape index (κ1) is 35.7. The van der Waals surface area contributed by atoms with Crippen molar-refractivity contribution in [1.82, 2.24) is 4.90 Å². The van der Waals surface area contributed by atoms with Crippen molar-refractivity contribution in [1.29, 1.82) is 0 Å². The first-order chi connectivity index (χ1) is 24.0. The van der Waals surface area contributed by atoms with Crippen LogP contribution in [0.25, 0.3) is 0 Å². The molecule has 0 aromatic heterocycles. The van der Waals surface area contributed by atoms with Gasteiger partial charge in [0.15, 0.2) is 0 Å². The minimum Gasteiger partial charge on any atom is -0.469 e. The second kappa shape index (κ2) is 12.8. The van der Waals surface area contributed by atoms with Gasteiger partial charge in [-0.1, -0.05) is 19.1 Å². The Morgan fingerprint density at radius 3 is 2.42 bits per heavy atom. The van der Waals surface area contributed by atoms with Crippen molar-refractivity contribution in [2.45, 2.75) is 87.1 Å². The van der Waals surface area contributed by atoms with Gasteiger partial charge in [-0.05, 0) is 43.9 Å². The van der Waals surface area contributed by atoms with Crippen LogP contribution in [0, 0.1) is 34.5 Å². The monoisotopic (exact) mass is 700 g/mol. The van der Waals surface area contributed by atoms with E-state index in [0.29, 0.717) is 25.9 Å². The Kier molecular flexibility index (Phi) is 9.14. The normalized spacial score (nSPS) is 43.7. The van der Waals surface area contributed by atoms with Gasteiger partial charge < -0.3 is 44.0 Å². The lowest BCUT2D eigenvalue weighted by molar-refractivity contribution is -0.320. The first-order valence-corrected chi connectivity index (χ1v) is 17.9. The highest BCUT2D eigenvalue weighted by Gasteiger charge is 2.91. The van der Waals surface area contributed by atoms with Crippen LogP contribution in [-0.4, -0.2) is 130 Å². The molecular weight excluding hydrogens is 648 g/mol. The molecule has 1 saturated heterocycles. The Hall–Kier alpha value is -2.65. The standard InChI is InChI=1S/C37H52N2O11/c1-7-39-18-34(19-50-32(42)20-10-8-9-11-23(20)38-26(40)12-13-27(41)47-4)15-14-25(46-3)36-22-16-21-24(45-2)17-35(43,28(22)29(21)48-5)37(44,33(36)39)31(49-6)30(34)36/h8-11,21-22,24-25,28-31,33,43-44H,7,12-19H2,1-6H3,(H,38,40)/t21-,22-,24+,25+,28-,29+,30-,31+,33+,34+,35-,36+,37-/m1/s1. The number of piperidine rings is 1. The molecule has 0 radical (unpaired) electrons. The van der Waals surface area contributed by atoms with Crippen molar-refractivity contribution in [2.24, 2.45) is 34.5 Å². The van der Waals surface area contributed by atoms with Gasteiger partial charge in [-0.25, -0.2) is 4.79 Å². The average Bonchev–Trinajstić information content (AvgIpc) is 3.54. The summed E-state index contributed by atoms with van der Waals surface area (Å²) in [6.45, 7) is 3.25. The number of carbonyl (C=O) groups is 3. The summed E-state index contributed by atoms with van der Waals surface area (Å²) in [7, 11) is 7.95. The summed E-state index contributed by atoms with van der Waals surface area (Å²) >= 11 is 0. The molecule has 50 heavy (non-hydrogen) atoms. The maximum Gasteiger partial charge on any atom is 0.340 e. The number of rotatable bonds is 12. The number of nitrogens with one attached hydrogen (secondary N) is 1. The van der Waals surface area contributed by atoms with Crippen LogP contribution in [0.3, 0.4) is 0 Å². The molecular formula is C37H52N2O11. The van der Waals surface area contributed by atoms with E-state index in [-0.39, 0.29) is 79.1 Å². The first-order valence-electron chi connectivity index (χ1n) is 17.9. The third-order valence-corrected chi connectivity index (χ3v) is 14.0. The lowest BCUT2D eigenvalue weighted by atomic mass is 9.42. The van der Waals surface area contributed by atoms with Crippen LogP contribution >= 0.6 is 0 Å². The zero-order valence-corrected chi connectivity index (χ0v) is 29.9. The number of benzene rings is 1. The topological polar surface area (TPSA) is 162 Å². The second-order valence-corrected chi connectivity index (χ2v) is 15.4. The van der Waals surface area contributed by atoms with E-state index in [2.05, 4.69) is 21.9 Å². The molecule has 1 aromatic carbocycles. The minimum atomic E-state index is -1.69. The molecule has 6 fully saturated rings. The number of carbonyl (C=O) groups excluding carboxylic acids is 3. The number of esters is 2. The SMILES string of the molecule is CCN1C[C@]2(COC(=O)c3ccccc3NC(=O)CCC(=O)OC)CC[C@H](OC)[C@@]34[C@@H]5C[C@H]6[C@H](OC)[C@@H]5[C@](O)(C[C@@H]6OC)[C@@](O)([C@@H](OC)[C@H]23)[C@@H]14. The third kappa shape index (κ3) is 4.53. The zero-order valence-electron chi connectivity index (χ0n) is 29.9. The molecule has 0 unspecified atom stereocenters. The molecule has 5 saturated carbocycles. The number of hydrogen-bond acceptors (Lipinski definition) is 12. The van der Waals surface area contributed by atoms with Gasteiger partial charge in [-0.2, -0.15) is 0 Å². The quantitative estimate of drug-likeness (QED) is 0.273. The molecule has 1 amide bonds. The number of aliphatic hydroxyl groups is 2. The average molecular weight is 701 g/mol. The van der Waals surface area contributed by atoms with Gasteiger partial charge in [0.2, 0.25) is 5.91 Å². The van der Waals surface area contributed by atoms with Crippen LogP contribution in [0.2, 0.25) is 0 Å². The molecule has 1 heterocycles. The molecule has 6 aliphatic rings. The summed E-state index contributed by atoms with van der Waals surface area (Å²) < 4.78 is 35.9. The maximum absolute atomic E-state index is 13.9. The van der Waals surface area contributed by atoms with E-state index in [1.165, 1.54) is 7.11 Å². The van der Waals surface area contributed by atoms with E-state index in [1.54, 1.807) is 52.7 Å². The summed E-state index contributed by atoms with van der Waals surface area (Å²) in [4.78, 5) is 40.5. The highest BCUT2D eigenvalue weighted by molar-refractivity contribution is 6.01. The number of para-hydroxylation sites is 1. The predicted molar refractivity (Wildman–Crippen MR) is 178 cm³/mol. The van der Waals surface area contributed by atoms with E-state index < -0.39 is 52.0 Å². The van der Waals surface area contributed by atoms with Crippen molar-refractivity contribution >= 4 is 23.5 Å². The lowest BCUT2D eigenvalue weighted by Crippen LogP contribution is -2.82. The summed E-state index contributed by atoms with van der Waals surface area (Å²) in [5.41, 5.74) is -4.06. The number of hydrogen-bond donors (Lipinski definition) is 3. The fourth-order valence-electron chi connectivity index (χ4n) is 12.6. The molecule has 1 spiro atoms. The summed E-state index contributed by atoms with van der Waals surface area (Å²) in [6, 6.07) is 6.17. The van der Waals surface area contributed by atoms with Crippen LogP contribution in [0.5, 0.6) is 0 Å². The van der Waals surface area contributed by atoms with Crippen LogP contribution in [-0.2, 0) is 38.0 Å². The van der Waals surface area contributed by atoms with Crippen molar-refractivity contribution in [3.05, 3.63) is 29.8 Å². The third-order valence-electron chi connectivity index (χ3n) is 14.0. The molecule has 1 aliphatic heterocycles. The van der Waals surface area contributed by atoms with Gasteiger partial charge in [0, 0.05) is 76.4 Å². The molecule has 13 heteroatoms. The molecule has 13 nitrogen and oxygen atoms in total. The Bertz CT molecular complexity index is 1510. The van der Waals surface area contributed by atoms with Gasteiger partial charge in [-0.3, -0.25) is 14.5 Å². The highest BCUT2D eigenvalue weighted by atomic mass is 16.5. The Labute approximate surface area is 293 Å². The molecule has 13 atom stereocenters. The number of fused-ring (bicyclic) bond motifs is 2.